The van der Waals surface area contributed by atoms with Crippen LogP contribution in [0.5, 0.6) is 0 Å². The molecule has 2 aliphatic carbocycles. The van der Waals surface area contributed by atoms with Gasteiger partial charge in [-0.1, -0.05) is 0 Å². The van der Waals surface area contributed by atoms with E-state index < -0.39 is 6.10 Å². The molecule has 1 saturated carbocycles. The average molecular weight is 526 g/mol. The van der Waals surface area contributed by atoms with Crippen LogP contribution < -0.4 is 5.73 Å². The van der Waals surface area contributed by atoms with Crippen molar-refractivity contribution in [2.75, 3.05) is 5.73 Å². The third-order valence-electron chi connectivity index (χ3n) is 9.26. The van der Waals surface area contributed by atoms with Crippen molar-refractivity contribution in [2.24, 2.45) is 0 Å². The predicted octanol–water partition coefficient (Wildman–Crippen LogP) is 3.29. The van der Waals surface area contributed by atoms with E-state index in [2.05, 4.69) is 31.3 Å². The lowest BCUT2D eigenvalue weighted by Crippen LogP contribution is -2.46. The van der Waals surface area contributed by atoms with Crippen LogP contribution >= 0.6 is 0 Å². The van der Waals surface area contributed by atoms with Gasteiger partial charge in [-0.3, -0.25) is 14.9 Å². The zero-order chi connectivity index (χ0) is 26.2. The van der Waals surface area contributed by atoms with Gasteiger partial charge in [0.25, 0.3) is 5.91 Å². The molecule has 6 heterocycles. The number of aromatic amines is 1. The number of hydrogen-bond donors (Lipinski definition) is 3. The third kappa shape index (κ3) is 3.59. The normalized spacial score (nSPS) is 26.2. The smallest absolute Gasteiger partial charge is 0.291 e. The van der Waals surface area contributed by atoms with Crippen LogP contribution in [-0.4, -0.2) is 62.8 Å². The van der Waals surface area contributed by atoms with Crippen LogP contribution in [0.1, 0.15) is 102 Å². The maximum absolute atomic E-state index is 13.2. The highest BCUT2D eigenvalue weighted by Gasteiger charge is 2.46. The first kappa shape index (κ1) is 23.1. The number of pyridine rings is 1. The number of carbonyl (C=O) groups is 1. The largest absolute Gasteiger partial charge is 0.387 e. The van der Waals surface area contributed by atoms with E-state index in [9.17, 15) is 9.90 Å². The fourth-order valence-corrected chi connectivity index (χ4v) is 7.30. The summed E-state index contributed by atoms with van der Waals surface area (Å²) in [6, 6.07) is 2.43. The molecule has 39 heavy (non-hydrogen) atoms. The number of amides is 1. The summed E-state index contributed by atoms with van der Waals surface area (Å²) in [5.74, 6) is 1.57. The predicted molar refractivity (Wildman–Crippen MR) is 142 cm³/mol. The Labute approximate surface area is 224 Å². The Hall–Kier alpha value is -3.86. The zero-order valence-corrected chi connectivity index (χ0v) is 21.6. The summed E-state index contributed by atoms with van der Waals surface area (Å²) < 4.78 is 1.79. The van der Waals surface area contributed by atoms with Crippen molar-refractivity contribution in [3.8, 4) is 11.1 Å². The van der Waals surface area contributed by atoms with Crippen molar-refractivity contribution < 1.29 is 9.90 Å². The monoisotopic (exact) mass is 525 g/mol. The minimum absolute atomic E-state index is 0.0631. The summed E-state index contributed by atoms with van der Waals surface area (Å²) in [6.07, 6.45) is 13.1. The van der Waals surface area contributed by atoms with Crippen molar-refractivity contribution in [3.63, 3.8) is 0 Å². The van der Waals surface area contributed by atoms with Crippen molar-refractivity contribution in [1.82, 2.24) is 39.7 Å². The Bertz CT molecular complexity index is 1580. The first-order valence-electron chi connectivity index (χ1n) is 14.1. The SMILES string of the molecule is Nc1c(C2CC2)c(C2CC3CCC(C2)N3C(=O)c2ncn[nH]2)nc2c(-c3cnc4c(c3)CCCC4O)cnn12. The van der Waals surface area contributed by atoms with Gasteiger partial charge in [0.2, 0.25) is 5.82 Å². The topological polar surface area (TPSA) is 151 Å². The van der Waals surface area contributed by atoms with Crippen molar-refractivity contribution in [1.29, 1.82) is 0 Å². The molecule has 3 atom stereocenters. The third-order valence-corrected chi connectivity index (χ3v) is 9.26. The summed E-state index contributed by atoms with van der Waals surface area (Å²) >= 11 is 0. The van der Waals surface area contributed by atoms with Crippen LogP contribution in [0.2, 0.25) is 0 Å². The second kappa shape index (κ2) is 8.57. The lowest BCUT2D eigenvalue weighted by Gasteiger charge is -2.39. The molecule has 1 amide bonds. The summed E-state index contributed by atoms with van der Waals surface area (Å²) in [5, 5.41) is 21.6. The Morgan fingerprint density at radius 1 is 1.03 bits per heavy atom. The number of anilines is 1. The van der Waals surface area contributed by atoms with E-state index in [-0.39, 0.29) is 23.9 Å². The molecule has 2 aliphatic heterocycles. The summed E-state index contributed by atoms with van der Waals surface area (Å²) in [7, 11) is 0. The number of fused-ring (bicyclic) bond motifs is 4. The number of aliphatic hydroxyl groups is 1. The van der Waals surface area contributed by atoms with Gasteiger partial charge in [0, 0.05) is 40.9 Å². The van der Waals surface area contributed by atoms with Crippen LogP contribution in [0.4, 0.5) is 5.82 Å². The number of hydrogen-bond acceptors (Lipinski definition) is 8. The second-order valence-corrected chi connectivity index (χ2v) is 11.6. The number of piperidine rings is 1. The minimum Gasteiger partial charge on any atom is -0.387 e. The molecule has 3 unspecified atom stereocenters. The minimum atomic E-state index is -0.495. The van der Waals surface area contributed by atoms with Crippen LogP contribution in [-0.2, 0) is 6.42 Å². The van der Waals surface area contributed by atoms with Gasteiger partial charge in [0.15, 0.2) is 5.65 Å². The number of nitrogens with two attached hydrogens (primary N) is 1. The standard InChI is InChI=1S/C28H31N9O2/c29-25-22(14-4-5-14)24(16-9-18-6-7-19(10-16)36(18)28(39)26-31-13-32-35-26)34-27-20(12-33-37(25)27)17-8-15-2-1-3-21(38)23(15)30-11-17/h8,11-14,16,18-19,21,38H,1-7,9-10,29H2,(H,31,32,35). The Morgan fingerprint density at radius 3 is 2.59 bits per heavy atom. The quantitative estimate of drug-likeness (QED) is 0.367. The first-order valence-corrected chi connectivity index (χ1v) is 14.1. The number of carbonyl (C=O) groups excluding carboxylic acids is 1. The fraction of sp³-hybridized carbons (Fsp3) is 0.500. The van der Waals surface area contributed by atoms with Crippen LogP contribution in [0, 0.1) is 0 Å². The fourth-order valence-electron chi connectivity index (χ4n) is 7.30. The molecular formula is C28H31N9O2. The zero-order valence-electron chi connectivity index (χ0n) is 21.6. The van der Waals surface area contributed by atoms with Crippen LogP contribution in [0.25, 0.3) is 16.8 Å². The summed E-state index contributed by atoms with van der Waals surface area (Å²) in [5.41, 5.74) is 13.5. The number of nitrogen functional groups attached to an aromatic ring is 1. The van der Waals surface area contributed by atoms with Gasteiger partial charge in [0.1, 0.15) is 12.1 Å². The van der Waals surface area contributed by atoms with Crippen LogP contribution in [0.15, 0.2) is 24.8 Å². The van der Waals surface area contributed by atoms with E-state index in [1.807, 2.05) is 17.3 Å². The van der Waals surface area contributed by atoms with Crippen molar-refractivity contribution in [2.45, 2.75) is 87.8 Å². The molecule has 2 saturated heterocycles. The van der Waals surface area contributed by atoms with Crippen molar-refractivity contribution in [3.05, 3.63) is 53.1 Å². The molecule has 4 aliphatic rings. The molecule has 3 fully saturated rings. The average Bonchev–Trinajstić information content (AvgIpc) is 3.33. The lowest BCUT2D eigenvalue weighted by atomic mass is 9.85. The number of rotatable bonds is 4. The Balaban J connectivity index is 1.19. The van der Waals surface area contributed by atoms with Gasteiger partial charge in [-0.2, -0.15) is 14.7 Å². The lowest BCUT2D eigenvalue weighted by molar-refractivity contribution is 0.0557. The molecule has 2 bridgehead atoms. The van der Waals surface area contributed by atoms with Gasteiger partial charge in [-0.25, -0.2) is 9.97 Å². The number of aliphatic hydroxyl groups excluding tert-OH is 1. The van der Waals surface area contributed by atoms with E-state index in [0.717, 1.165) is 97.1 Å². The maximum Gasteiger partial charge on any atom is 0.291 e. The molecule has 11 nitrogen and oxygen atoms in total. The van der Waals surface area contributed by atoms with E-state index in [0.29, 0.717) is 17.6 Å². The molecule has 4 aromatic heterocycles. The molecule has 0 spiro atoms. The van der Waals surface area contributed by atoms with Crippen LogP contribution in [0.3, 0.4) is 0 Å². The molecule has 11 heteroatoms. The molecule has 4 aromatic rings. The second-order valence-electron chi connectivity index (χ2n) is 11.6. The molecule has 8 rings (SSSR count). The van der Waals surface area contributed by atoms with Gasteiger partial charge in [-0.15, -0.1) is 0 Å². The Morgan fingerprint density at radius 2 is 1.85 bits per heavy atom. The molecule has 200 valence electrons. The van der Waals surface area contributed by atoms with E-state index >= 15 is 0 Å². The number of H-pyrrole nitrogens is 1. The number of aryl methyl sites for hydroxylation is 1. The van der Waals surface area contributed by atoms with E-state index in [1.54, 1.807) is 4.52 Å². The van der Waals surface area contributed by atoms with Gasteiger partial charge >= 0.3 is 0 Å². The summed E-state index contributed by atoms with van der Waals surface area (Å²) in [6.45, 7) is 0. The molecule has 0 aromatic carbocycles. The molecular weight excluding hydrogens is 494 g/mol. The molecule has 4 N–H and O–H groups in total. The van der Waals surface area contributed by atoms with E-state index in [1.165, 1.54) is 6.33 Å². The van der Waals surface area contributed by atoms with Gasteiger partial charge < -0.3 is 15.7 Å². The highest BCUT2D eigenvalue weighted by molar-refractivity contribution is 5.91. The summed E-state index contributed by atoms with van der Waals surface area (Å²) in [4.78, 5) is 29.3. The Kier molecular flexibility index (Phi) is 5.07. The molecule has 0 radical (unpaired) electrons. The van der Waals surface area contributed by atoms with E-state index in [4.69, 9.17) is 10.7 Å². The van der Waals surface area contributed by atoms with Gasteiger partial charge in [0.05, 0.1) is 23.7 Å². The van der Waals surface area contributed by atoms with Crippen molar-refractivity contribution >= 4 is 17.4 Å². The number of nitrogens with one attached hydrogen (secondary N) is 1. The number of nitrogens with zero attached hydrogens (tertiary/aromatic N) is 7. The number of aromatic nitrogens is 7. The van der Waals surface area contributed by atoms with Gasteiger partial charge in [-0.05, 0) is 75.3 Å². The maximum atomic E-state index is 13.2. The first-order chi connectivity index (χ1) is 19.1. The highest BCUT2D eigenvalue weighted by Crippen LogP contribution is 2.50. The highest BCUT2D eigenvalue weighted by atomic mass is 16.3.